The summed E-state index contributed by atoms with van der Waals surface area (Å²) in [6.45, 7) is 1.44. The zero-order valence-corrected chi connectivity index (χ0v) is 12.1. The smallest absolute Gasteiger partial charge is 0.271 e. The molecule has 0 fully saturated rings. The van der Waals surface area contributed by atoms with Crippen LogP contribution in [0.4, 0.5) is 0 Å². The Hall–Kier alpha value is -2.41. The van der Waals surface area contributed by atoms with E-state index in [1.165, 1.54) is 0 Å². The Kier molecular flexibility index (Phi) is 4.11. The highest BCUT2D eigenvalue weighted by Crippen LogP contribution is 2.22. The standard InChI is InChI=1S/C14H15N5OS/c20-14(16-4-2-6-19-7-5-15-10-19)12-9-11(17-18-12)13-3-1-8-21-13/h1,3,5,7-10H,2,4,6H2,(H,16,20)(H,17,18). The van der Waals surface area contributed by atoms with Gasteiger partial charge < -0.3 is 9.88 Å². The van der Waals surface area contributed by atoms with Crippen molar-refractivity contribution in [2.24, 2.45) is 0 Å². The van der Waals surface area contributed by atoms with Gasteiger partial charge in [0.25, 0.3) is 5.91 Å². The zero-order chi connectivity index (χ0) is 14.5. The first-order valence-electron chi connectivity index (χ1n) is 6.66. The first kappa shape index (κ1) is 13.6. The van der Waals surface area contributed by atoms with Gasteiger partial charge in [0.1, 0.15) is 0 Å². The number of nitrogens with one attached hydrogen (secondary N) is 2. The lowest BCUT2D eigenvalue weighted by atomic mass is 10.3. The molecule has 0 radical (unpaired) electrons. The van der Waals surface area contributed by atoms with E-state index < -0.39 is 0 Å². The number of aromatic amines is 1. The van der Waals surface area contributed by atoms with Crippen LogP contribution in [0.25, 0.3) is 10.6 Å². The van der Waals surface area contributed by atoms with Gasteiger partial charge in [-0.25, -0.2) is 4.98 Å². The lowest BCUT2D eigenvalue weighted by molar-refractivity contribution is 0.0947. The number of aryl methyl sites for hydroxylation is 1. The van der Waals surface area contributed by atoms with E-state index in [9.17, 15) is 4.79 Å². The Balaban J connectivity index is 1.49. The maximum absolute atomic E-state index is 12.0. The number of carbonyl (C=O) groups is 1. The first-order chi connectivity index (χ1) is 10.3. The van der Waals surface area contributed by atoms with Gasteiger partial charge in [-0.15, -0.1) is 11.3 Å². The molecule has 7 heteroatoms. The number of nitrogens with zero attached hydrogens (tertiary/aromatic N) is 3. The lowest BCUT2D eigenvalue weighted by Gasteiger charge is -2.03. The van der Waals surface area contributed by atoms with Crippen LogP contribution in [0.3, 0.4) is 0 Å². The highest BCUT2D eigenvalue weighted by atomic mass is 32.1. The molecule has 0 bridgehead atoms. The fraction of sp³-hybridized carbons (Fsp3) is 0.214. The molecule has 0 spiro atoms. The summed E-state index contributed by atoms with van der Waals surface area (Å²) < 4.78 is 1.98. The molecule has 0 unspecified atom stereocenters. The van der Waals surface area contributed by atoms with Gasteiger partial charge in [0.05, 0.1) is 16.9 Å². The molecule has 3 aromatic rings. The molecule has 0 aliphatic rings. The van der Waals surface area contributed by atoms with Gasteiger partial charge in [-0.3, -0.25) is 9.89 Å². The molecular weight excluding hydrogens is 286 g/mol. The predicted octanol–water partition coefficient (Wildman–Crippen LogP) is 2.15. The fourth-order valence-corrected chi connectivity index (χ4v) is 2.66. The monoisotopic (exact) mass is 301 g/mol. The van der Waals surface area contributed by atoms with Gasteiger partial charge >= 0.3 is 0 Å². The molecule has 3 heterocycles. The summed E-state index contributed by atoms with van der Waals surface area (Å²) in [7, 11) is 0. The third-order valence-electron chi connectivity index (χ3n) is 3.03. The Morgan fingerprint density at radius 1 is 1.48 bits per heavy atom. The van der Waals surface area contributed by atoms with Crippen LogP contribution >= 0.6 is 11.3 Å². The molecule has 0 aliphatic carbocycles. The van der Waals surface area contributed by atoms with Crippen molar-refractivity contribution in [2.75, 3.05) is 6.54 Å². The van der Waals surface area contributed by atoms with Gasteiger partial charge in [-0.05, 0) is 23.9 Å². The molecule has 0 aliphatic heterocycles. The lowest BCUT2D eigenvalue weighted by Crippen LogP contribution is -2.25. The Morgan fingerprint density at radius 3 is 3.19 bits per heavy atom. The van der Waals surface area contributed by atoms with Crippen LogP contribution in [0, 0.1) is 0 Å². The third kappa shape index (κ3) is 3.38. The van der Waals surface area contributed by atoms with Gasteiger partial charge in [-0.2, -0.15) is 5.10 Å². The van der Waals surface area contributed by atoms with Gasteiger partial charge in [0.15, 0.2) is 5.69 Å². The zero-order valence-electron chi connectivity index (χ0n) is 11.3. The van der Waals surface area contributed by atoms with E-state index in [1.54, 1.807) is 29.9 Å². The van der Waals surface area contributed by atoms with E-state index in [0.717, 1.165) is 23.5 Å². The van der Waals surface area contributed by atoms with E-state index in [0.29, 0.717) is 12.2 Å². The second kappa shape index (κ2) is 6.36. The van der Waals surface area contributed by atoms with E-state index in [4.69, 9.17) is 0 Å². The molecule has 0 aromatic carbocycles. The third-order valence-corrected chi connectivity index (χ3v) is 3.94. The average Bonchev–Trinajstić information content (AvgIpc) is 3.25. The fourth-order valence-electron chi connectivity index (χ4n) is 1.97. The van der Waals surface area contributed by atoms with E-state index >= 15 is 0 Å². The van der Waals surface area contributed by atoms with E-state index in [2.05, 4.69) is 20.5 Å². The minimum atomic E-state index is -0.153. The van der Waals surface area contributed by atoms with Crippen molar-refractivity contribution in [3.63, 3.8) is 0 Å². The Labute approximate surface area is 125 Å². The molecule has 0 atom stereocenters. The summed E-state index contributed by atoms with van der Waals surface area (Å²) in [4.78, 5) is 17.0. The predicted molar refractivity (Wildman–Crippen MR) is 81.1 cm³/mol. The second-order valence-electron chi connectivity index (χ2n) is 4.55. The number of carbonyl (C=O) groups excluding carboxylic acids is 1. The molecule has 3 rings (SSSR count). The van der Waals surface area contributed by atoms with E-state index in [-0.39, 0.29) is 5.91 Å². The summed E-state index contributed by atoms with van der Waals surface area (Å²) in [5.41, 5.74) is 1.29. The van der Waals surface area contributed by atoms with Crippen LogP contribution in [-0.4, -0.2) is 32.2 Å². The molecule has 1 amide bonds. The molecule has 0 saturated carbocycles. The molecule has 0 saturated heterocycles. The number of hydrogen-bond acceptors (Lipinski definition) is 4. The van der Waals surface area contributed by atoms with Crippen molar-refractivity contribution in [1.29, 1.82) is 0 Å². The average molecular weight is 301 g/mol. The summed E-state index contributed by atoms with van der Waals surface area (Å²) in [5.74, 6) is -0.153. The van der Waals surface area contributed by atoms with Crippen molar-refractivity contribution in [1.82, 2.24) is 25.1 Å². The number of amides is 1. The van der Waals surface area contributed by atoms with Gasteiger partial charge in [0, 0.05) is 25.5 Å². The largest absolute Gasteiger partial charge is 0.351 e. The summed E-state index contributed by atoms with van der Waals surface area (Å²) in [5, 5.41) is 11.8. The molecular formula is C14H15N5OS. The van der Waals surface area contributed by atoms with Crippen molar-refractivity contribution >= 4 is 17.2 Å². The minimum Gasteiger partial charge on any atom is -0.351 e. The molecule has 2 N–H and O–H groups in total. The number of aromatic nitrogens is 4. The summed E-state index contributed by atoms with van der Waals surface area (Å²) >= 11 is 1.61. The number of thiophene rings is 1. The van der Waals surface area contributed by atoms with Crippen molar-refractivity contribution in [3.05, 3.63) is 48.0 Å². The molecule has 21 heavy (non-hydrogen) atoms. The molecule has 3 aromatic heterocycles. The van der Waals surface area contributed by atoms with Crippen LogP contribution in [-0.2, 0) is 6.54 Å². The Morgan fingerprint density at radius 2 is 2.43 bits per heavy atom. The van der Waals surface area contributed by atoms with Crippen LogP contribution < -0.4 is 5.32 Å². The SMILES string of the molecule is O=C(NCCCn1ccnc1)c1cc(-c2cccs2)[nH]n1. The summed E-state index contributed by atoms with van der Waals surface area (Å²) in [6, 6.07) is 5.73. The first-order valence-corrected chi connectivity index (χ1v) is 7.54. The van der Waals surface area contributed by atoms with Crippen molar-refractivity contribution < 1.29 is 4.79 Å². The number of H-pyrrole nitrogens is 1. The van der Waals surface area contributed by atoms with Crippen LogP contribution in [0.5, 0.6) is 0 Å². The van der Waals surface area contributed by atoms with E-state index in [1.807, 2.05) is 28.3 Å². The van der Waals surface area contributed by atoms with Gasteiger partial charge in [0.2, 0.25) is 0 Å². The maximum Gasteiger partial charge on any atom is 0.271 e. The number of hydrogen-bond donors (Lipinski definition) is 2. The second-order valence-corrected chi connectivity index (χ2v) is 5.50. The number of imidazole rings is 1. The van der Waals surface area contributed by atoms with Crippen LogP contribution in [0.2, 0.25) is 0 Å². The highest BCUT2D eigenvalue weighted by molar-refractivity contribution is 7.13. The minimum absolute atomic E-state index is 0.153. The van der Waals surface area contributed by atoms with Crippen LogP contribution in [0.1, 0.15) is 16.9 Å². The molecule has 6 nitrogen and oxygen atoms in total. The normalized spacial score (nSPS) is 10.7. The topological polar surface area (TPSA) is 75.6 Å². The van der Waals surface area contributed by atoms with Crippen molar-refractivity contribution in [3.8, 4) is 10.6 Å². The summed E-state index contributed by atoms with van der Waals surface area (Å²) in [6.07, 6.45) is 6.27. The van der Waals surface area contributed by atoms with Crippen molar-refractivity contribution in [2.45, 2.75) is 13.0 Å². The number of rotatable bonds is 6. The van der Waals surface area contributed by atoms with Crippen LogP contribution in [0.15, 0.2) is 42.3 Å². The highest BCUT2D eigenvalue weighted by Gasteiger charge is 2.11. The van der Waals surface area contributed by atoms with Gasteiger partial charge in [-0.1, -0.05) is 6.07 Å². The maximum atomic E-state index is 12.0. The Bertz CT molecular complexity index is 687. The molecule has 108 valence electrons. The quantitative estimate of drug-likeness (QED) is 0.685.